The van der Waals surface area contributed by atoms with Gasteiger partial charge in [0.1, 0.15) is 5.82 Å². The highest BCUT2D eigenvalue weighted by molar-refractivity contribution is 7.89. The van der Waals surface area contributed by atoms with E-state index < -0.39 is 21.9 Å². The molecule has 1 heterocycles. The third-order valence-electron chi connectivity index (χ3n) is 4.08. The van der Waals surface area contributed by atoms with E-state index in [9.17, 15) is 17.6 Å². The van der Waals surface area contributed by atoms with Gasteiger partial charge in [0.25, 0.3) is 5.91 Å². The second-order valence-corrected chi connectivity index (χ2v) is 7.92. The van der Waals surface area contributed by atoms with Crippen LogP contribution in [0.1, 0.15) is 34.5 Å². The molecule has 1 unspecified atom stereocenters. The van der Waals surface area contributed by atoms with Gasteiger partial charge in [-0.1, -0.05) is 23.7 Å². The lowest BCUT2D eigenvalue weighted by molar-refractivity contribution is 0.0945. The summed E-state index contributed by atoms with van der Waals surface area (Å²) in [5, 5.41) is 2.82. The first kappa shape index (κ1) is 17.8. The Balaban J connectivity index is 1.92. The number of rotatable bonds is 4. The van der Waals surface area contributed by atoms with Crippen molar-refractivity contribution in [3.63, 3.8) is 0 Å². The molecule has 0 saturated heterocycles. The molecule has 2 aromatic carbocycles. The second kappa shape index (κ2) is 6.74. The first-order valence-electron chi connectivity index (χ1n) is 7.67. The fourth-order valence-electron chi connectivity index (χ4n) is 2.84. The maximum absolute atomic E-state index is 14.0. The Morgan fingerprint density at radius 1 is 1.28 bits per heavy atom. The Kier molecular flexibility index (Phi) is 4.81. The maximum atomic E-state index is 14.0. The SMILES string of the molecule is CC(NS(=O)(=O)c1ccc2c(c1)C(=O)NCC2)c1c(F)cccc1Cl. The van der Waals surface area contributed by atoms with Crippen LogP contribution in [0.4, 0.5) is 4.39 Å². The molecule has 0 aliphatic carbocycles. The van der Waals surface area contributed by atoms with Crippen molar-refractivity contribution in [1.82, 2.24) is 10.0 Å². The molecule has 5 nitrogen and oxygen atoms in total. The second-order valence-electron chi connectivity index (χ2n) is 5.80. The van der Waals surface area contributed by atoms with Crippen molar-refractivity contribution in [2.75, 3.05) is 6.54 Å². The number of benzene rings is 2. The standard InChI is InChI=1S/C17H16ClFN2O3S/c1-10(16-14(18)3-2-4-15(16)19)21-25(23,24)12-6-5-11-7-8-20-17(22)13(11)9-12/h2-6,9-10,21H,7-8H2,1H3,(H,20,22). The number of hydrogen-bond acceptors (Lipinski definition) is 3. The Morgan fingerprint density at radius 2 is 2.04 bits per heavy atom. The Bertz CT molecular complexity index is 927. The van der Waals surface area contributed by atoms with Gasteiger partial charge in [-0.05, 0) is 43.2 Å². The molecule has 3 rings (SSSR count). The number of sulfonamides is 1. The molecule has 132 valence electrons. The van der Waals surface area contributed by atoms with E-state index in [1.807, 2.05) is 0 Å². The molecule has 1 amide bonds. The molecular weight excluding hydrogens is 367 g/mol. The maximum Gasteiger partial charge on any atom is 0.251 e. The monoisotopic (exact) mass is 382 g/mol. The largest absolute Gasteiger partial charge is 0.352 e. The third-order valence-corrected chi connectivity index (χ3v) is 5.95. The highest BCUT2D eigenvalue weighted by atomic mass is 35.5. The van der Waals surface area contributed by atoms with Crippen LogP contribution in [0.5, 0.6) is 0 Å². The summed E-state index contributed by atoms with van der Waals surface area (Å²) in [4.78, 5) is 11.9. The molecule has 0 fully saturated rings. The molecule has 0 bridgehead atoms. The zero-order valence-electron chi connectivity index (χ0n) is 13.3. The summed E-state index contributed by atoms with van der Waals surface area (Å²) in [5.41, 5.74) is 1.21. The lowest BCUT2D eigenvalue weighted by atomic mass is 10.0. The molecule has 8 heteroatoms. The van der Waals surface area contributed by atoms with E-state index in [1.165, 1.54) is 37.3 Å². The fraction of sp³-hybridized carbons (Fsp3) is 0.235. The van der Waals surface area contributed by atoms with Gasteiger partial charge in [-0.25, -0.2) is 17.5 Å². The van der Waals surface area contributed by atoms with Crippen LogP contribution in [0.25, 0.3) is 0 Å². The summed E-state index contributed by atoms with van der Waals surface area (Å²) < 4.78 is 41.6. The molecule has 1 aliphatic heterocycles. The topological polar surface area (TPSA) is 75.3 Å². The Hall–Kier alpha value is -1.96. The van der Waals surface area contributed by atoms with Crippen LogP contribution in [0, 0.1) is 5.82 Å². The minimum atomic E-state index is -3.95. The van der Waals surface area contributed by atoms with Gasteiger partial charge in [0.2, 0.25) is 10.0 Å². The average molecular weight is 383 g/mol. The number of hydrogen-bond donors (Lipinski definition) is 2. The lowest BCUT2D eigenvalue weighted by Crippen LogP contribution is -2.33. The minimum absolute atomic E-state index is 0.0531. The van der Waals surface area contributed by atoms with Gasteiger partial charge in [-0.15, -0.1) is 0 Å². The van der Waals surface area contributed by atoms with Gasteiger partial charge in [0.15, 0.2) is 0 Å². The van der Waals surface area contributed by atoms with Crippen LogP contribution in [0.15, 0.2) is 41.3 Å². The molecule has 1 atom stereocenters. The van der Waals surface area contributed by atoms with E-state index in [-0.39, 0.29) is 21.4 Å². The first-order chi connectivity index (χ1) is 11.8. The molecule has 0 saturated carbocycles. The molecule has 1 aliphatic rings. The molecule has 2 N–H and O–H groups in total. The summed E-state index contributed by atoms with van der Waals surface area (Å²) in [5.74, 6) is -0.893. The predicted molar refractivity (Wildman–Crippen MR) is 92.6 cm³/mol. The van der Waals surface area contributed by atoms with Crippen molar-refractivity contribution in [2.24, 2.45) is 0 Å². The van der Waals surface area contributed by atoms with E-state index >= 15 is 0 Å². The van der Waals surface area contributed by atoms with E-state index in [1.54, 1.807) is 6.07 Å². The predicted octanol–water partition coefficient (Wildman–Crippen LogP) is 2.80. The number of nitrogens with one attached hydrogen (secondary N) is 2. The van der Waals surface area contributed by atoms with Gasteiger partial charge in [0.05, 0.1) is 4.90 Å². The number of fused-ring (bicyclic) bond motifs is 1. The van der Waals surface area contributed by atoms with Gasteiger partial charge in [-0.3, -0.25) is 4.79 Å². The summed E-state index contributed by atoms with van der Waals surface area (Å²) in [6.07, 6.45) is 0.649. The highest BCUT2D eigenvalue weighted by Crippen LogP contribution is 2.27. The van der Waals surface area contributed by atoms with Crippen molar-refractivity contribution >= 4 is 27.5 Å². The van der Waals surface area contributed by atoms with Crippen LogP contribution in [-0.4, -0.2) is 20.9 Å². The van der Waals surface area contributed by atoms with Crippen LogP contribution < -0.4 is 10.0 Å². The van der Waals surface area contributed by atoms with E-state index in [4.69, 9.17) is 11.6 Å². The normalized spacial score (nSPS) is 15.4. The first-order valence-corrected chi connectivity index (χ1v) is 9.53. The average Bonchev–Trinajstić information content (AvgIpc) is 2.54. The van der Waals surface area contributed by atoms with Crippen molar-refractivity contribution in [3.05, 3.63) is 63.9 Å². The summed E-state index contributed by atoms with van der Waals surface area (Å²) in [6.45, 7) is 2.03. The smallest absolute Gasteiger partial charge is 0.251 e. The summed E-state index contributed by atoms with van der Waals surface area (Å²) in [7, 11) is -3.95. The van der Waals surface area contributed by atoms with Gasteiger partial charge in [0, 0.05) is 28.7 Å². The number of halogens is 2. The van der Waals surface area contributed by atoms with Crippen LogP contribution in [-0.2, 0) is 16.4 Å². The van der Waals surface area contributed by atoms with E-state index in [2.05, 4.69) is 10.0 Å². The van der Waals surface area contributed by atoms with Crippen molar-refractivity contribution < 1.29 is 17.6 Å². The molecule has 0 spiro atoms. The van der Waals surface area contributed by atoms with Crippen molar-refractivity contribution in [2.45, 2.75) is 24.3 Å². The Labute approximate surface area is 150 Å². The number of amides is 1. The van der Waals surface area contributed by atoms with Crippen molar-refractivity contribution in [3.8, 4) is 0 Å². The molecule has 0 aromatic heterocycles. The number of carbonyl (C=O) groups excluding carboxylic acids is 1. The summed E-state index contributed by atoms with van der Waals surface area (Å²) >= 11 is 5.99. The van der Waals surface area contributed by atoms with Crippen molar-refractivity contribution in [1.29, 1.82) is 0 Å². The zero-order valence-corrected chi connectivity index (χ0v) is 14.9. The van der Waals surface area contributed by atoms with E-state index in [0.29, 0.717) is 18.5 Å². The zero-order chi connectivity index (χ0) is 18.2. The minimum Gasteiger partial charge on any atom is -0.352 e. The summed E-state index contributed by atoms with van der Waals surface area (Å²) in [6, 6.07) is 7.69. The van der Waals surface area contributed by atoms with Gasteiger partial charge in [-0.2, -0.15) is 0 Å². The van der Waals surface area contributed by atoms with Crippen LogP contribution in [0.2, 0.25) is 5.02 Å². The molecular formula is C17H16ClFN2O3S. The van der Waals surface area contributed by atoms with E-state index in [0.717, 1.165) is 5.56 Å². The van der Waals surface area contributed by atoms with Crippen LogP contribution >= 0.6 is 11.6 Å². The highest BCUT2D eigenvalue weighted by Gasteiger charge is 2.25. The van der Waals surface area contributed by atoms with Crippen LogP contribution in [0.3, 0.4) is 0 Å². The molecule has 2 aromatic rings. The van der Waals surface area contributed by atoms with Gasteiger partial charge < -0.3 is 5.32 Å². The molecule has 0 radical (unpaired) electrons. The molecule has 25 heavy (non-hydrogen) atoms. The lowest BCUT2D eigenvalue weighted by Gasteiger charge is -2.19. The third kappa shape index (κ3) is 3.53. The van der Waals surface area contributed by atoms with Gasteiger partial charge >= 0.3 is 0 Å². The Morgan fingerprint density at radius 3 is 2.76 bits per heavy atom. The quantitative estimate of drug-likeness (QED) is 0.853. The number of carbonyl (C=O) groups is 1. The fourth-order valence-corrected chi connectivity index (χ4v) is 4.41.